The average Bonchev–Trinajstić information content (AvgIpc) is 3.36. The van der Waals surface area contributed by atoms with Crippen LogP contribution in [-0.2, 0) is 9.79 Å². The summed E-state index contributed by atoms with van der Waals surface area (Å²) in [5.41, 5.74) is 6.98. The van der Waals surface area contributed by atoms with Gasteiger partial charge in [-0.2, -0.15) is 10.2 Å². The van der Waals surface area contributed by atoms with Gasteiger partial charge in [0, 0.05) is 28.1 Å². The van der Waals surface area contributed by atoms with E-state index in [1.165, 1.54) is 17.3 Å². The number of carbonyl (C=O) groups excluding carboxylic acids is 1. The summed E-state index contributed by atoms with van der Waals surface area (Å²) in [6, 6.07) is 35.1. The summed E-state index contributed by atoms with van der Waals surface area (Å²) in [5, 5.41) is 14.7. The van der Waals surface area contributed by atoms with Crippen molar-refractivity contribution in [2.75, 3.05) is 10.0 Å². The van der Waals surface area contributed by atoms with Crippen LogP contribution in [0.1, 0.15) is 48.9 Å². The summed E-state index contributed by atoms with van der Waals surface area (Å²) in [6.07, 6.45) is 0. The van der Waals surface area contributed by atoms with Crippen LogP contribution in [-0.4, -0.2) is 16.5 Å². The van der Waals surface area contributed by atoms with Crippen LogP contribution < -0.4 is 10.0 Å². The molecule has 0 unspecified atom stereocenters. The lowest BCUT2D eigenvalue weighted by molar-refractivity contribution is -0.110. The number of benzene rings is 4. The highest BCUT2D eigenvalue weighted by molar-refractivity contribution is 9.10. The Hall–Kier alpha value is -3.68. The fourth-order valence-electron chi connectivity index (χ4n) is 4.97. The minimum Gasteiger partial charge on any atom is -0.292 e. The van der Waals surface area contributed by atoms with Crippen molar-refractivity contribution in [3.05, 3.63) is 130 Å². The lowest BCUT2D eigenvalue weighted by atomic mass is 9.92. The summed E-state index contributed by atoms with van der Waals surface area (Å²) in [7, 11) is 0. The van der Waals surface area contributed by atoms with Gasteiger partial charge in [0.05, 0.1) is 17.1 Å². The molecule has 0 saturated carbocycles. The largest absolute Gasteiger partial charge is 0.292 e. The maximum atomic E-state index is 12.8. The van der Waals surface area contributed by atoms with Crippen molar-refractivity contribution in [2.24, 2.45) is 10.2 Å². The van der Waals surface area contributed by atoms with E-state index in [0.717, 1.165) is 38.2 Å². The highest BCUT2D eigenvalue weighted by Gasteiger charge is 2.55. The molecule has 194 valence electrons. The van der Waals surface area contributed by atoms with Crippen molar-refractivity contribution in [1.82, 2.24) is 0 Å². The van der Waals surface area contributed by atoms with Gasteiger partial charge < -0.3 is 0 Å². The molecule has 2 aliphatic heterocycles. The van der Waals surface area contributed by atoms with Crippen LogP contribution in [0.3, 0.4) is 0 Å². The van der Waals surface area contributed by atoms with E-state index in [0.29, 0.717) is 11.0 Å². The lowest BCUT2D eigenvalue weighted by Crippen LogP contribution is -2.54. The second kappa shape index (κ2) is 10.1. The molecule has 0 aromatic heterocycles. The highest BCUT2D eigenvalue weighted by Crippen LogP contribution is 2.55. The zero-order chi connectivity index (χ0) is 27.1. The Labute approximate surface area is 241 Å². The molecule has 0 bridgehead atoms. The Bertz CT molecular complexity index is 1600. The van der Waals surface area contributed by atoms with Gasteiger partial charge in [-0.15, -0.1) is 0 Å². The molecule has 4 aromatic carbocycles. The quantitative estimate of drug-likeness (QED) is 0.234. The number of anilines is 2. The second-order valence-electron chi connectivity index (χ2n) is 9.88. The second-order valence-corrected chi connectivity index (χ2v) is 12.0. The van der Waals surface area contributed by atoms with Gasteiger partial charge >= 0.3 is 0 Å². The maximum absolute atomic E-state index is 12.8. The average molecular weight is 596 g/mol. The maximum Gasteiger partial charge on any atom is 0.234 e. The fourth-order valence-corrected chi connectivity index (χ4v) is 6.52. The van der Waals surface area contributed by atoms with Crippen molar-refractivity contribution in [3.63, 3.8) is 0 Å². The Morgan fingerprint density at radius 1 is 0.795 bits per heavy atom. The zero-order valence-electron chi connectivity index (χ0n) is 21.9. The number of fused-ring (bicyclic) bond motifs is 2. The molecule has 6 rings (SSSR count). The number of nitrogens with zero attached hydrogens (tertiary/aromatic N) is 4. The van der Waals surface area contributed by atoms with Gasteiger partial charge in [0.2, 0.25) is 4.99 Å². The Morgan fingerprint density at radius 2 is 1.41 bits per heavy atom. The highest BCUT2D eigenvalue weighted by atomic mass is 79.9. The summed E-state index contributed by atoms with van der Waals surface area (Å²) < 4.78 is 0.969. The van der Waals surface area contributed by atoms with Crippen LogP contribution >= 0.6 is 27.7 Å². The monoisotopic (exact) mass is 594 g/mol. The number of hydrogen-bond donors (Lipinski definition) is 0. The number of para-hydroxylation sites is 1. The van der Waals surface area contributed by atoms with Gasteiger partial charge in [0.1, 0.15) is 0 Å². The minimum atomic E-state index is -0.950. The first-order valence-electron chi connectivity index (χ1n) is 12.9. The van der Waals surface area contributed by atoms with Gasteiger partial charge in [-0.25, -0.2) is 10.0 Å². The number of halogens is 1. The molecule has 0 aliphatic carbocycles. The third-order valence-electron chi connectivity index (χ3n) is 6.96. The predicted molar refractivity (Wildman–Crippen MR) is 166 cm³/mol. The smallest absolute Gasteiger partial charge is 0.234 e. The first-order valence-corrected chi connectivity index (χ1v) is 14.5. The van der Waals surface area contributed by atoms with Crippen LogP contribution in [0.15, 0.2) is 118 Å². The van der Waals surface area contributed by atoms with Gasteiger partial charge in [0.15, 0.2) is 10.8 Å². The molecular formula is C32H27BrN4OS. The van der Waals surface area contributed by atoms with E-state index in [2.05, 4.69) is 66.2 Å². The third kappa shape index (κ3) is 4.39. The van der Waals surface area contributed by atoms with E-state index in [-0.39, 0.29) is 5.78 Å². The van der Waals surface area contributed by atoms with Gasteiger partial charge in [-0.1, -0.05) is 96.5 Å². The number of Topliss-reactive ketones (excluding diaryl/α,β-unsaturated/α-hetero) is 1. The number of carbonyl (C=O) groups is 1. The fraction of sp³-hybridized carbons (Fsp3) is 0.156. The van der Waals surface area contributed by atoms with Gasteiger partial charge in [-0.3, -0.25) is 4.79 Å². The molecule has 5 nitrogen and oxygen atoms in total. The Kier molecular flexibility index (Phi) is 6.65. The predicted octanol–water partition coefficient (Wildman–Crippen LogP) is 8.11. The molecule has 1 spiro atoms. The number of rotatable bonds is 5. The topological polar surface area (TPSA) is 48.3 Å². The molecular weight excluding hydrogens is 568 g/mol. The zero-order valence-corrected chi connectivity index (χ0v) is 24.3. The van der Waals surface area contributed by atoms with E-state index in [1.54, 1.807) is 6.92 Å². The number of ketones is 1. The number of thioether (sulfide) groups is 1. The molecule has 2 aliphatic rings. The molecule has 0 N–H and O–H groups in total. The first kappa shape index (κ1) is 25.6. The normalized spacial score (nSPS) is 18.3. The lowest BCUT2D eigenvalue weighted by Gasteiger charge is -2.47. The van der Waals surface area contributed by atoms with Crippen LogP contribution in [0.25, 0.3) is 0 Å². The number of hydrazone groups is 2. The standard InChI is InChI=1S/C32H27BrN4OS/c1-21(2)23-13-15-24(16-14-23)30-28-11-7-8-12-29(28)32(36(34-30)26-9-5-4-6-10-26)37(35-31(39-32)22(3)38)27-19-17-25(33)18-20-27/h4-21H,1-3H3/t32-/m0/s1. The summed E-state index contributed by atoms with van der Waals surface area (Å²) in [4.78, 5) is 11.8. The van der Waals surface area contributed by atoms with Crippen molar-refractivity contribution in [2.45, 2.75) is 31.7 Å². The van der Waals surface area contributed by atoms with Crippen molar-refractivity contribution >= 4 is 55.6 Å². The third-order valence-corrected chi connectivity index (χ3v) is 8.90. The van der Waals surface area contributed by atoms with Crippen molar-refractivity contribution in [3.8, 4) is 0 Å². The van der Waals surface area contributed by atoms with Crippen LogP contribution in [0, 0.1) is 0 Å². The molecule has 2 heterocycles. The summed E-state index contributed by atoms with van der Waals surface area (Å²) >= 11 is 4.98. The SMILES string of the molecule is CC(=O)C1=NN(c2ccc(Br)cc2)[C@]2(S1)c1ccccc1C(c1ccc(C(C)C)cc1)=NN2c1ccccc1. The van der Waals surface area contributed by atoms with Crippen LogP contribution in [0.2, 0.25) is 0 Å². The molecule has 7 heteroatoms. The van der Waals surface area contributed by atoms with Gasteiger partial charge in [0.25, 0.3) is 0 Å². The summed E-state index contributed by atoms with van der Waals surface area (Å²) in [6.45, 7) is 5.96. The van der Waals surface area contributed by atoms with E-state index >= 15 is 0 Å². The molecule has 0 amide bonds. The van der Waals surface area contributed by atoms with Crippen molar-refractivity contribution in [1.29, 1.82) is 0 Å². The Balaban J connectivity index is 1.62. The molecule has 0 radical (unpaired) electrons. The van der Waals surface area contributed by atoms with E-state index in [1.807, 2.05) is 76.7 Å². The minimum absolute atomic E-state index is 0.0801. The number of hydrogen-bond acceptors (Lipinski definition) is 6. The molecule has 0 fully saturated rings. The van der Waals surface area contributed by atoms with E-state index in [4.69, 9.17) is 10.2 Å². The van der Waals surface area contributed by atoms with Gasteiger partial charge in [-0.05, 0) is 59.6 Å². The molecule has 39 heavy (non-hydrogen) atoms. The summed E-state index contributed by atoms with van der Waals surface area (Å²) in [5.74, 6) is 0.365. The van der Waals surface area contributed by atoms with E-state index < -0.39 is 4.99 Å². The van der Waals surface area contributed by atoms with Crippen LogP contribution in [0.5, 0.6) is 0 Å². The van der Waals surface area contributed by atoms with E-state index in [9.17, 15) is 4.79 Å². The molecule has 0 saturated heterocycles. The van der Waals surface area contributed by atoms with Crippen molar-refractivity contribution < 1.29 is 4.79 Å². The van der Waals surface area contributed by atoms with Crippen LogP contribution in [0.4, 0.5) is 11.4 Å². The first-order chi connectivity index (χ1) is 18.9. The molecule has 1 atom stereocenters. The molecule has 4 aromatic rings. The Morgan fingerprint density at radius 3 is 2.08 bits per heavy atom.